The number of hydrogen-bond acceptors (Lipinski definition) is 3. The summed E-state index contributed by atoms with van der Waals surface area (Å²) in [6.45, 7) is 1.77. The van der Waals surface area contributed by atoms with Gasteiger partial charge in [-0.15, -0.1) is 0 Å². The number of aryl methyl sites for hydroxylation is 2. The molecule has 0 saturated carbocycles. The largest absolute Gasteiger partial charge is 0.275 e. The van der Waals surface area contributed by atoms with Crippen molar-refractivity contribution < 1.29 is 17.2 Å². The highest BCUT2D eigenvalue weighted by Crippen LogP contribution is 2.21. The van der Waals surface area contributed by atoms with Gasteiger partial charge in [0.05, 0.1) is 5.69 Å². The third kappa shape index (κ3) is 3.11. The zero-order valence-electron chi connectivity index (χ0n) is 11.8. The van der Waals surface area contributed by atoms with Gasteiger partial charge in [0.2, 0.25) is 10.0 Å². The van der Waals surface area contributed by atoms with Gasteiger partial charge < -0.3 is 0 Å². The van der Waals surface area contributed by atoms with Gasteiger partial charge in [0.25, 0.3) is 0 Å². The predicted octanol–water partition coefficient (Wildman–Crippen LogP) is 1.83. The van der Waals surface area contributed by atoms with E-state index in [1.165, 1.54) is 7.05 Å². The lowest BCUT2D eigenvalue weighted by Crippen LogP contribution is -2.27. The Morgan fingerprint density at radius 2 is 2.00 bits per heavy atom. The highest BCUT2D eigenvalue weighted by atomic mass is 32.2. The molecule has 0 fully saturated rings. The second kappa shape index (κ2) is 5.53. The van der Waals surface area contributed by atoms with Gasteiger partial charge in [0.1, 0.15) is 16.5 Å². The van der Waals surface area contributed by atoms with Gasteiger partial charge in [0, 0.05) is 32.4 Å². The van der Waals surface area contributed by atoms with Crippen LogP contribution in [0, 0.1) is 18.6 Å². The number of nitrogens with zero attached hydrogens (tertiary/aromatic N) is 3. The lowest BCUT2D eigenvalue weighted by atomic mass is 10.3. The standard InChI is InChI=1S/C13H15F2N3O2S/c1-9-10(7-17(2)16-9)8-18(3)21(19,20)13-6-11(14)4-5-12(13)15/h4-7H,8H2,1-3H3. The number of halogens is 2. The Morgan fingerprint density at radius 1 is 1.33 bits per heavy atom. The first kappa shape index (κ1) is 15.6. The molecule has 8 heteroatoms. The number of rotatable bonds is 4. The van der Waals surface area contributed by atoms with E-state index >= 15 is 0 Å². The van der Waals surface area contributed by atoms with Gasteiger partial charge in [-0.2, -0.15) is 9.40 Å². The Kier molecular flexibility index (Phi) is 4.11. The predicted molar refractivity (Wildman–Crippen MR) is 73.0 cm³/mol. The van der Waals surface area contributed by atoms with Crippen LogP contribution in [0.1, 0.15) is 11.3 Å². The van der Waals surface area contributed by atoms with Crippen molar-refractivity contribution in [2.24, 2.45) is 7.05 Å². The maximum atomic E-state index is 13.7. The Hall–Kier alpha value is -1.80. The summed E-state index contributed by atoms with van der Waals surface area (Å²) in [5.41, 5.74) is 1.37. The van der Waals surface area contributed by atoms with Crippen molar-refractivity contribution >= 4 is 10.0 Å². The topological polar surface area (TPSA) is 55.2 Å². The summed E-state index contributed by atoms with van der Waals surface area (Å²) in [4.78, 5) is -0.674. The van der Waals surface area contributed by atoms with Crippen molar-refractivity contribution in [3.8, 4) is 0 Å². The second-order valence-electron chi connectivity index (χ2n) is 4.75. The lowest BCUT2D eigenvalue weighted by Gasteiger charge is -2.17. The van der Waals surface area contributed by atoms with Crippen LogP contribution in [0.4, 0.5) is 8.78 Å². The first-order valence-corrected chi connectivity index (χ1v) is 7.56. The summed E-state index contributed by atoms with van der Waals surface area (Å²) in [5.74, 6) is -1.79. The lowest BCUT2D eigenvalue weighted by molar-refractivity contribution is 0.457. The normalized spacial score (nSPS) is 12.1. The van der Waals surface area contributed by atoms with Crippen molar-refractivity contribution in [1.82, 2.24) is 14.1 Å². The summed E-state index contributed by atoms with van der Waals surface area (Å²) in [7, 11) is -1.09. The summed E-state index contributed by atoms with van der Waals surface area (Å²) >= 11 is 0. The number of sulfonamides is 1. The van der Waals surface area contributed by atoms with E-state index in [1.54, 1.807) is 24.9 Å². The minimum absolute atomic E-state index is 0.0258. The first-order valence-electron chi connectivity index (χ1n) is 6.12. The van der Waals surface area contributed by atoms with Crippen LogP contribution in [0.3, 0.4) is 0 Å². The smallest absolute Gasteiger partial charge is 0.246 e. The molecule has 2 aromatic rings. The molecule has 1 aromatic carbocycles. The van der Waals surface area contributed by atoms with E-state index in [4.69, 9.17) is 0 Å². The maximum absolute atomic E-state index is 13.7. The molecule has 0 aliphatic heterocycles. The third-order valence-corrected chi connectivity index (χ3v) is 4.91. The van der Waals surface area contributed by atoms with E-state index < -0.39 is 26.6 Å². The molecule has 0 bridgehead atoms. The number of benzene rings is 1. The van der Waals surface area contributed by atoms with Gasteiger partial charge in [0.15, 0.2) is 0 Å². The highest BCUT2D eigenvalue weighted by molar-refractivity contribution is 7.89. The summed E-state index contributed by atoms with van der Waals surface area (Å²) in [5, 5.41) is 4.11. The Labute approximate surface area is 121 Å². The van der Waals surface area contributed by atoms with E-state index in [0.717, 1.165) is 16.4 Å². The van der Waals surface area contributed by atoms with Crippen LogP contribution in [0.15, 0.2) is 29.3 Å². The molecule has 21 heavy (non-hydrogen) atoms. The SMILES string of the molecule is Cc1nn(C)cc1CN(C)S(=O)(=O)c1cc(F)ccc1F. The van der Waals surface area contributed by atoms with Crippen molar-refractivity contribution in [3.05, 3.63) is 47.3 Å². The van der Waals surface area contributed by atoms with Gasteiger partial charge in [-0.3, -0.25) is 4.68 Å². The van der Waals surface area contributed by atoms with Crippen LogP contribution >= 0.6 is 0 Å². The summed E-state index contributed by atoms with van der Waals surface area (Å²) in [6.07, 6.45) is 1.68. The molecule has 0 aliphatic carbocycles. The van der Waals surface area contributed by atoms with Crippen molar-refractivity contribution in [1.29, 1.82) is 0 Å². The first-order chi connectivity index (χ1) is 9.71. The van der Waals surface area contributed by atoms with Gasteiger partial charge in [-0.1, -0.05) is 0 Å². The molecule has 1 aromatic heterocycles. The van der Waals surface area contributed by atoms with Crippen molar-refractivity contribution in [2.75, 3.05) is 7.05 Å². The van der Waals surface area contributed by atoms with Crippen LogP contribution in [0.2, 0.25) is 0 Å². The highest BCUT2D eigenvalue weighted by Gasteiger charge is 2.26. The van der Waals surface area contributed by atoms with E-state index in [9.17, 15) is 17.2 Å². The molecule has 0 radical (unpaired) electrons. The molecule has 0 unspecified atom stereocenters. The van der Waals surface area contributed by atoms with Crippen molar-refractivity contribution in [2.45, 2.75) is 18.4 Å². The Balaban J connectivity index is 2.35. The average Bonchev–Trinajstić information content (AvgIpc) is 2.70. The average molecular weight is 315 g/mol. The van der Waals surface area contributed by atoms with E-state index in [-0.39, 0.29) is 6.54 Å². The molecule has 0 amide bonds. The monoisotopic (exact) mass is 315 g/mol. The molecular weight excluding hydrogens is 300 g/mol. The molecule has 0 aliphatic rings. The molecule has 114 valence electrons. The van der Waals surface area contributed by atoms with Crippen LogP contribution in [-0.2, 0) is 23.6 Å². The minimum Gasteiger partial charge on any atom is -0.275 e. The fourth-order valence-electron chi connectivity index (χ4n) is 1.97. The zero-order chi connectivity index (χ0) is 15.8. The Bertz CT molecular complexity index is 772. The van der Waals surface area contributed by atoms with Crippen LogP contribution in [0.5, 0.6) is 0 Å². The van der Waals surface area contributed by atoms with Gasteiger partial charge in [-0.05, 0) is 25.1 Å². The minimum atomic E-state index is -4.12. The molecule has 0 N–H and O–H groups in total. The van der Waals surface area contributed by atoms with Gasteiger partial charge >= 0.3 is 0 Å². The molecule has 2 rings (SSSR count). The maximum Gasteiger partial charge on any atom is 0.246 e. The number of hydrogen-bond donors (Lipinski definition) is 0. The number of aromatic nitrogens is 2. The Morgan fingerprint density at radius 3 is 2.57 bits per heavy atom. The van der Waals surface area contributed by atoms with Crippen molar-refractivity contribution in [3.63, 3.8) is 0 Å². The van der Waals surface area contributed by atoms with Crippen LogP contribution < -0.4 is 0 Å². The molecule has 0 atom stereocenters. The van der Waals surface area contributed by atoms with Crippen LogP contribution in [-0.4, -0.2) is 29.6 Å². The third-order valence-electron chi connectivity index (χ3n) is 3.09. The summed E-state index contributed by atoms with van der Waals surface area (Å²) in [6, 6.07) is 2.35. The van der Waals surface area contributed by atoms with E-state index in [2.05, 4.69) is 5.10 Å². The van der Waals surface area contributed by atoms with E-state index in [1.807, 2.05) is 0 Å². The molecular formula is C13H15F2N3O2S. The summed E-state index contributed by atoms with van der Waals surface area (Å²) < 4.78 is 54.0. The zero-order valence-corrected chi connectivity index (χ0v) is 12.7. The fraction of sp³-hybridized carbons (Fsp3) is 0.308. The molecule has 1 heterocycles. The molecule has 0 saturated heterocycles. The second-order valence-corrected chi connectivity index (χ2v) is 6.76. The molecule has 5 nitrogen and oxygen atoms in total. The fourth-order valence-corrected chi connectivity index (χ4v) is 3.19. The quantitative estimate of drug-likeness (QED) is 0.865. The van der Waals surface area contributed by atoms with Crippen LogP contribution in [0.25, 0.3) is 0 Å². The molecule has 0 spiro atoms. The van der Waals surface area contributed by atoms with E-state index in [0.29, 0.717) is 17.3 Å². The van der Waals surface area contributed by atoms with Gasteiger partial charge in [-0.25, -0.2) is 17.2 Å².